The highest BCUT2D eigenvalue weighted by Gasteiger charge is 2.15. The summed E-state index contributed by atoms with van der Waals surface area (Å²) in [6, 6.07) is 12.8. The number of carbonyl (C=O) groups excluding carboxylic acids is 1. The van der Waals surface area contributed by atoms with Crippen LogP contribution in [0, 0.1) is 0 Å². The monoisotopic (exact) mass is 464 g/mol. The number of unbranched alkanes of at least 4 members (excludes halogenated alkanes) is 1. The summed E-state index contributed by atoms with van der Waals surface area (Å²) in [5.41, 5.74) is 1.17. The molecule has 0 saturated heterocycles. The Bertz CT molecular complexity index is 814. The van der Waals surface area contributed by atoms with Gasteiger partial charge in [0.25, 0.3) is 5.91 Å². The quantitative estimate of drug-likeness (QED) is 0.376. The van der Waals surface area contributed by atoms with Crippen molar-refractivity contribution < 1.29 is 14.3 Å². The second-order valence-corrected chi connectivity index (χ2v) is 7.45. The van der Waals surface area contributed by atoms with Gasteiger partial charge in [0.05, 0.1) is 18.8 Å². The molecule has 2 aromatic carbocycles. The zero-order valence-corrected chi connectivity index (χ0v) is 18.5. The SMILES string of the molecule is CCCCOc1cccc(NC(=S)NC(=O)c2cc(Br)ccc2OCCC)c1. The van der Waals surface area contributed by atoms with E-state index in [1.165, 1.54) is 0 Å². The predicted molar refractivity (Wildman–Crippen MR) is 120 cm³/mol. The second-order valence-electron chi connectivity index (χ2n) is 6.13. The molecule has 5 nitrogen and oxygen atoms in total. The molecule has 28 heavy (non-hydrogen) atoms. The summed E-state index contributed by atoms with van der Waals surface area (Å²) in [4.78, 5) is 12.7. The van der Waals surface area contributed by atoms with E-state index in [0.29, 0.717) is 24.5 Å². The third kappa shape index (κ3) is 7.13. The molecule has 1 amide bonds. The van der Waals surface area contributed by atoms with E-state index in [-0.39, 0.29) is 11.0 Å². The normalized spacial score (nSPS) is 10.2. The minimum absolute atomic E-state index is 0.206. The van der Waals surface area contributed by atoms with Crippen LogP contribution in [0.15, 0.2) is 46.9 Å². The Labute approximate surface area is 179 Å². The summed E-state index contributed by atoms with van der Waals surface area (Å²) >= 11 is 8.68. The first-order valence-corrected chi connectivity index (χ1v) is 10.5. The highest BCUT2D eigenvalue weighted by atomic mass is 79.9. The van der Waals surface area contributed by atoms with Gasteiger partial charge in [-0.1, -0.05) is 42.3 Å². The minimum Gasteiger partial charge on any atom is -0.494 e. The Hall–Kier alpha value is -2.12. The fourth-order valence-electron chi connectivity index (χ4n) is 2.35. The van der Waals surface area contributed by atoms with Crippen LogP contribution in [0.5, 0.6) is 11.5 Å². The van der Waals surface area contributed by atoms with Gasteiger partial charge in [0.1, 0.15) is 11.5 Å². The van der Waals surface area contributed by atoms with Gasteiger partial charge in [-0.3, -0.25) is 10.1 Å². The molecule has 2 aromatic rings. The molecule has 0 unspecified atom stereocenters. The van der Waals surface area contributed by atoms with Gasteiger partial charge in [-0.25, -0.2) is 0 Å². The van der Waals surface area contributed by atoms with Crippen molar-refractivity contribution in [2.45, 2.75) is 33.1 Å². The van der Waals surface area contributed by atoms with Gasteiger partial charge in [0, 0.05) is 16.2 Å². The number of anilines is 1. The summed E-state index contributed by atoms with van der Waals surface area (Å²) in [6.07, 6.45) is 2.93. The molecule has 0 radical (unpaired) electrons. The molecule has 0 spiro atoms. The van der Waals surface area contributed by atoms with Crippen LogP contribution < -0.4 is 20.1 Å². The van der Waals surface area contributed by atoms with Crippen LogP contribution in [0.1, 0.15) is 43.5 Å². The van der Waals surface area contributed by atoms with Crippen LogP contribution in [0.3, 0.4) is 0 Å². The smallest absolute Gasteiger partial charge is 0.261 e. The number of thiocarbonyl (C=S) groups is 1. The highest BCUT2D eigenvalue weighted by molar-refractivity contribution is 9.10. The number of hydrogen-bond acceptors (Lipinski definition) is 4. The van der Waals surface area contributed by atoms with Crippen molar-refractivity contribution in [2.75, 3.05) is 18.5 Å². The molecule has 0 heterocycles. The van der Waals surface area contributed by atoms with Crippen molar-refractivity contribution in [1.82, 2.24) is 5.32 Å². The van der Waals surface area contributed by atoms with Crippen LogP contribution in [-0.4, -0.2) is 24.2 Å². The van der Waals surface area contributed by atoms with Gasteiger partial charge in [-0.05, 0) is 55.4 Å². The molecule has 0 aromatic heterocycles. The standard InChI is InChI=1S/C21H25BrN2O3S/c1-3-5-12-26-17-8-6-7-16(14-17)23-21(28)24-20(25)18-13-15(22)9-10-19(18)27-11-4-2/h6-10,13-14H,3-5,11-12H2,1-2H3,(H2,23,24,25,28). The number of nitrogens with one attached hydrogen (secondary N) is 2. The summed E-state index contributed by atoms with van der Waals surface area (Å²) in [6.45, 7) is 5.34. The fraction of sp³-hybridized carbons (Fsp3) is 0.333. The van der Waals surface area contributed by atoms with Crippen molar-refractivity contribution in [3.63, 3.8) is 0 Å². The summed E-state index contributed by atoms with van der Waals surface area (Å²) < 4.78 is 12.1. The Morgan fingerprint density at radius 1 is 1.07 bits per heavy atom. The number of benzene rings is 2. The fourth-order valence-corrected chi connectivity index (χ4v) is 2.92. The van der Waals surface area contributed by atoms with Crippen molar-refractivity contribution in [1.29, 1.82) is 0 Å². The van der Waals surface area contributed by atoms with E-state index in [1.54, 1.807) is 12.1 Å². The molecule has 0 aliphatic heterocycles. The molecule has 7 heteroatoms. The predicted octanol–water partition coefficient (Wildman–Crippen LogP) is 5.54. The van der Waals surface area contributed by atoms with Gasteiger partial charge in [0.15, 0.2) is 5.11 Å². The first-order chi connectivity index (χ1) is 13.5. The van der Waals surface area contributed by atoms with E-state index in [2.05, 4.69) is 33.5 Å². The number of halogens is 1. The van der Waals surface area contributed by atoms with E-state index < -0.39 is 0 Å². The molecular formula is C21H25BrN2O3S. The molecule has 2 rings (SSSR count). The Balaban J connectivity index is 2.00. The van der Waals surface area contributed by atoms with E-state index >= 15 is 0 Å². The van der Waals surface area contributed by atoms with E-state index in [4.69, 9.17) is 21.7 Å². The Kier molecular flexibility index (Phi) is 9.23. The molecule has 0 fully saturated rings. The van der Waals surface area contributed by atoms with E-state index in [0.717, 1.165) is 35.2 Å². The molecule has 150 valence electrons. The minimum atomic E-state index is -0.333. The molecule has 0 aliphatic rings. The summed E-state index contributed by atoms with van der Waals surface area (Å²) in [5.74, 6) is 0.951. The first kappa shape index (κ1) is 22.2. The van der Waals surface area contributed by atoms with Crippen LogP contribution in [0.4, 0.5) is 5.69 Å². The van der Waals surface area contributed by atoms with Crippen molar-refractivity contribution in [2.24, 2.45) is 0 Å². The second kappa shape index (κ2) is 11.7. The van der Waals surface area contributed by atoms with Gasteiger partial charge >= 0.3 is 0 Å². The molecule has 2 N–H and O–H groups in total. The number of amides is 1. The maximum atomic E-state index is 12.7. The van der Waals surface area contributed by atoms with Crippen molar-refractivity contribution in [3.8, 4) is 11.5 Å². The number of rotatable bonds is 9. The molecule has 0 saturated carbocycles. The molecule has 0 atom stereocenters. The topological polar surface area (TPSA) is 59.6 Å². The number of ether oxygens (including phenoxy) is 2. The lowest BCUT2D eigenvalue weighted by molar-refractivity contribution is 0.0973. The summed E-state index contributed by atoms with van der Waals surface area (Å²) in [7, 11) is 0. The molecule has 0 aliphatic carbocycles. The molecule has 0 bridgehead atoms. The van der Waals surface area contributed by atoms with Crippen LogP contribution in [0.2, 0.25) is 0 Å². The average molecular weight is 465 g/mol. The third-order valence-corrected chi connectivity index (χ3v) is 4.43. The number of carbonyl (C=O) groups is 1. The van der Waals surface area contributed by atoms with Gasteiger partial charge in [-0.2, -0.15) is 0 Å². The van der Waals surface area contributed by atoms with Gasteiger partial charge in [0.2, 0.25) is 0 Å². The lowest BCUT2D eigenvalue weighted by Crippen LogP contribution is -2.34. The molecular weight excluding hydrogens is 440 g/mol. The van der Waals surface area contributed by atoms with Crippen LogP contribution in [0.25, 0.3) is 0 Å². The lowest BCUT2D eigenvalue weighted by atomic mass is 10.2. The van der Waals surface area contributed by atoms with Crippen molar-refractivity contribution in [3.05, 3.63) is 52.5 Å². The van der Waals surface area contributed by atoms with Gasteiger partial charge < -0.3 is 14.8 Å². The maximum Gasteiger partial charge on any atom is 0.261 e. The van der Waals surface area contributed by atoms with E-state index in [1.807, 2.05) is 37.3 Å². The third-order valence-electron chi connectivity index (χ3n) is 3.73. The maximum absolute atomic E-state index is 12.7. The van der Waals surface area contributed by atoms with Crippen molar-refractivity contribution >= 4 is 44.9 Å². The first-order valence-electron chi connectivity index (χ1n) is 9.31. The number of hydrogen-bond donors (Lipinski definition) is 2. The van der Waals surface area contributed by atoms with E-state index in [9.17, 15) is 4.79 Å². The Morgan fingerprint density at radius 2 is 1.89 bits per heavy atom. The van der Waals surface area contributed by atoms with Crippen LogP contribution in [-0.2, 0) is 0 Å². The summed E-state index contributed by atoms with van der Waals surface area (Å²) in [5, 5.41) is 5.92. The lowest BCUT2D eigenvalue weighted by Gasteiger charge is -2.14. The average Bonchev–Trinajstić information content (AvgIpc) is 2.67. The van der Waals surface area contributed by atoms with Gasteiger partial charge in [-0.15, -0.1) is 0 Å². The zero-order valence-electron chi connectivity index (χ0n) is 16.1. The zero-order chi connectivity index (χ0) is 20.4. The largest absolute Gasteiger partial charge is 0.494 e. The Morgan fingerprint density at radius 3 is 2.64 bits per heavy atom. The highest BCUT2D eigenvalue weighted by Crippen LogP contribution is 2.24. The van der Waals surface area contributed by atoms with Crippen LogP contribution >= 0.6 is 28.1 Å².